The van der Waals surface area contributed by atoms with Crippen LogP contribution < -0.4 is 10.2 Å². The number of hydrogen-bond donors (Lipinski definition) is 1. The lowest BCUT2D eigenvalue weighted by molar-refractivity contribution is -0.120. The van der Waals surface area contributed by atoms with Crippen molar-refractivity contribution in [1.82, 2.24) is 25.0 Å². The molecular weight excluding hydrogens is 354 g/mol. The number of piperidine rings is 1. The first-order valence-corrected chi connectivity index (χ1v) is 9.41. The molecule has 0 spiro atoms. The number of carbonyl (C=O) groups excluding carboxylic acids is 1. The van der Waals surface area contributed by atoms with Crippen LogP contribution in [0.4, 0.5) is 11.5 Å². The van der Waals surface area contributed by atoms with Gasteiger partial charge in [-0.25, -0.2) is 9.67 Å². The SMILES string of the molecule is Cc1cc(C)cc(NC(=O)C2CCCN(c3ccc(-n4cncn4)nn3)C2)c1. The highest BCUT2D eigenvalue weighted by Gasteiger charge is 2.27. The molecule has 1 N–H and O–H groups in total. The predicted molar refractivity (Wildman–Crippen MR) is 106 cm³/mol. The lowest BCUT2D eigenvalue weighted by atomic mass is 9.97. The van der Waals surface area contributed by atoms with Crippen LogP contribution in [0.5, 0.6) is 0 Å². The lowest BCUT2D eigenvalue weighted by Crippen LogP contribution is -2.41. The quantitative estimate of drug-likeness (QED) is 0.752. The fourth-order valence-corrected chi connectivity index (χ4v) is 3.63. The Balaban J connectivity index is 1.43. The second kappa shape index (κ2) is 7.75. The van der Waals surface area contributed by atoms with E-state index in [4.69, 9.17) is 0 Å². The molecule has 0 aliphatic carbocycles. The van der Waals surface area contributed by atoms with E-state index >= 15 is 0 Å². The van der Waals surface area contributed by atoms with Crippen LogP contribution >= 0.6 is 0 Å². The molecule has 8 nitrogen and oxygen atoms in total. The van der Waals surface area contributed by atoms with Crippen LogP contribution in [-0.4, -0.2) is 44.0 Å². The number of carbonyl (C=O) groups is 1. The standard InChI is InChI=1S/C20H23N7O/c1-14-8-15(2)10-17(9-14)23-20(28)16-4-3-7-26(11-16)18-5-6-19(25-24-18)27-13-21-12-22-27/h5-6,8-10,12-13,16H,3-4,7,11H2,1-2H3,(H,23,28). The van der Waals surface area contributed by atoms with Gasteiger partial charge >= 0.3 is 0 Å². The van der Waals surface area contributed by atoms with E-state index in [0.717, 1.165) is 42.0 Å². The molecule has 1 aliphatic rings. The van der Waals surface area contributed by atoms with Crippen molar-refractivity contribution in [3.05, 3.63) is 54.1 Å². The number of nitrogens with zero attached hydrogens (tertiary/aromatic N) is 6. The third kappa shape index (κ3) is 4.00. The maximum Gasteiger partial charge on any atom is 0.229 e. The number of benzene rings is 1. The Labute approximate surface area is 163 Å². The molecule has 1 atom stereocenters. The van der Waals surface area contributed by atoms with Gasteiger partial charge in [-0.3, -0.25) is 4.79 Å². The topological polar surface area (TPSA) is 88.8 Å². The summed E-state index contributed by atoms with van der Waals surface area (Å²) in [6.45, 7) is 5.57. The number of hydrogen-bond acceptors (Lipinski definition) is 6. The minimum atomic E-state index is -0.0774. The summed E-state index contributed by atoms with van der Waals surface area (Å²) in [5, 5.41) is 15.7. The van der Waals surface area contributed by atoms with Crippen molar-refractivity contribution < 1.29 is 4.79 Å². The molecule has 1 aromatic carbocycles. The number of nitrogens with one attached hydrogen (secondary N) is 1. The molecule has 0 bridgehead atoms. The summed E-state index contributed by atoms with van der Waals surface area (Å²) in [4.78, 5) is 18.8. The van der Waals surface area contributed by atoms with Crippen molar-refractivity contribution in [3.63, 3.8) is 0 Å². The summed E-state index contributed by atoms with van der Waals surface area (Å²) in [7, 11) is 0. The van der Waals surface area contributed by atoms with E-state index in [9.17, 15) is 4.79 Å². The highest BCUT2D eigenvalue weighted by molar-refractivity contribution is 5.93. The zero-order valence-electron chi connectivity index (χ0n) is 16.0. The molecule has 3 heterocycles. The van der Waals surface area contributed by atoms with Gasteiger partial charge in [0.15, 0.2) is 11.6 Å². The van der Waals surface area contributed by atoms with E-state index in [0.29, 0.717) is 12.4 Å². The molecule has 0 saturated carbocycles. The Kier molecular flexibility index (Phi) is 5.01. The monoisotopic (exact) mass is 377 g/mol. The van der Waals surface area contributed by atoms with Gasteiger partial charge in [-0.2, -0.15) is 5.10 Å². The Bertz CT molecular complexity index is 933. The normalized spacial score (nSPS) is 16.8. The van der Waals surface area contributed by atoms with Gasteiger partial charge in [0, 0.05) is 18.8 Å². The van der Waals surface area contributed by atoms with Crippen molar-refractivity contribution in [2.75, 3.05) is 23.3 Å². The van der Waals surface area contributed by atoms with Crippen LogP contribution in [0.15, 0.2) is 43.0 Å². The van der Waals surface area contributed by atoms with Gasteiger partial charge in [-0.15, -0.1) is 10.2 Å². The number of anilines is 2. The molecule has 1 saturated heterocycles. The molecular formula is C20H23N7O. The minimum Gasteiger partial charge on any atom is -0.354 e. The molecule has 4 rings (SSSR count). The van der Waals surface area contributed by atoms with E-state index in [2.05, 4.69) is 36.6 Å². The van der Waals surface area contributed by atoms with Crippen molar-refractivity contribution in [1.29, 1.82) is 0 Å². The summed E-state index contributed by atoms with van der Waals surface area (Å²) in [5.74, 6) is 1.36. The zero-order chi connectivity index (χ0) is 19.5. The number of aromatic nitrogens is 5. The molecule has 28 heavy (non-hydrogen) atoms. The van der Waals surface area contributed by atoms with E-state index in [1.54, 1.807) is 11.0 Å². The predicted octanol–water partition coefficient (Wildman–Crippen LogP) is 2.53. The highest BCUT2D eigenvalue weighted by Crippen LogP contribution is 2.23. The minimum absolute atomic E-state index is 0.0573. The second-order valence-corrected chi connectivity index (χ2v) is 7.24. The van der Waals surface area contributed by atoms with Crippen molar-refractivity contribution >= 4 is 17.4 Å². The highest BCUT2D eigenvalue weighted by atomic mass is 16.1. The fraction of sp³-hybridized carbons (Fsp3) is 0.350. The van der Waals surface area contributed by atoms with Crippen LogP contribution in [-0.2, 0) is 4.79 Å². The molecule has 0 radical (unpaired) electrons. The first-order valence-electron chi connectivity index (χ1n) is 9.41. The average molecular weight is 377 g/mol. The first-order chi connectivity index (χ1) is 13.6. The van der Waals surface area contributed by atoms with Crippen molar-refractivity contribution in [3.8, 4) is 5.82 Å². The van der Waals surface area contributed by atoms with Gasteiger partial charge in [0.25, 0.3) is 0 Å². The van der Waals surface area contributed by atoms with E-state index in [1.807, 2.05) is 38.1 Å². The summed E-state index contributed by atoms with van der Waals surface area (Å²) in [5.41, 5.74) is 3.14. The van der Waals surface area contributed by atoms with Crippen LogP contribution in [0.25, 0.3) is 5.82 Å². The third-order valence-corrected chi connectivity index (χ3v) is 4.90. The molecule has 8 heteroatoms. The van der Waals surface area contributed by atoms with Crippen LogP contribution in [0.1, 0.15) is 24.0 Å². The average Bonchev–Trinajstić information content (AvgIpc) is 3.22. The Morgan fingerprint density at radius 3 is 2.54 bits per heavy atom. The second-order valence-electron chi connectivity index (χ2n) is 7.24. The van der Waals surface area contributed by atoms with Crippen molar-refractivity contribution in [2.24, 2.45) is 5.92 Å². The molecule has 2 aromatic heterocycles. The van der Waals surface area contributed by atoms with Crippen molar-refractivity contribution in [2.45, 2.75) is 26.7 Å². The van der Waals surface area contributed by atoms with Gasteiger partial charge in [-0.1, -0.05) is 6.07 Å². The van der Waals surface area contributed by atoms with Gasteiger partial charge in [0.2, 0.25) is 5.91 Å². The largest absolute Gasteiger partial charge is 0.354 e. The lowest BCUT2D eigenvalue weighted by Gasteiger charge is -2.32. The summed E-state index contributed by atoms with van der Waals surface area (Å²) in [6, 6.07) is 9.86. The summed E-state index contributed by atoms with van der Waals surface area (Å²) >= 11 is 0. The maximum absolute atomic E-state index is 12.8. The van der Waals surface area contributed by atoms with E-state index in [1.165, 1.54) is 6.33 Å². The van der Waals surface area contributed by atoms with Gasteiger partial charge in [-0.05, 0) is 62.1 Å². The van der Waals surface area contributed by atoms with Crippen LogP contribution in [0, 0.1) is 19.8 Å². The summed E-state index contributed by atoms with van der Waals surface area (Å²) < 4.78 is 1.56. The molecule has 1 aliphatic heterocycles. The molecule has 1 unspecified atom stereocenters. The van der Waals surface area contributed by atoms with Gasteiger partial charge < -0.3 is 10.2 Å². The first kappa shape index (κ1) is 18.1. The van der Waals surface area contributed by atoms with Crippen LogP contribution in [0.2, 0.25) is 0 Å². The number of rotatable bonds is 4. The Morgan fingerprint density at radius 1 is 1.11 bits per heavy atom. The zero-order valence-corrected chi connectivity index (χ0v) is 16.0. The smallest absolute Gasteiger partial charge is 0.229 e. The Morgan fingerprint density at radius 2 is 1.86 bits per heavy atom. The molecule has 144 valence electrons. The fourth-order valence-electron chi connectivity index (χ4n) is 3.63. The van der Waals surface area contributed by atoms with Crippen LogP contribution in [0.3, 0.4) is 0 Å². The maximum atomic E-state index is 12.8. The van der Waals surface area contributed by atoms with E-state index in [-0.39, 0.29) is 11.8 Å². The molecule has 3 aromatic rings. The van der Waals surface area contributed by atoms with Gasteiger partial charge in [0.1, 0.15) is 12.7 Å². The molecule has 1 amide bonds. The van der Waals surface area contributed by atoms with Gasteiger partial charge in [0.05, 0.1) is 5.92 Å². The molecule has 1 fully saturated rings. The Hall–Kier alpha value is -3.29. The summed E-state index contributed by atoms with van der Waals surface area (Å²) in [6.07, 6.45) is 4.85. The number of aryl methyl sites for hydroxylation is 2. The van der Waals surface area contributed by atoms with E-state index < -0.39 is 0 Å². The third-order valence-electron chi connectivity index (χ3n) is 4.90. The number of amides is 1.